The van der Waals surface area contributed by atoms with Crippen LogP contribution in [0.15, 0.2) is 42.5 Å². The van der Waals surface area contributed by atoms with Crippen molar-refractivity contribution in [3.05, 3.63) is 53.6 Å². The van der Waals surface area contributed by atoms with E-state index < -0.39 is 5.75 Å². The number of benzene rings is 2. The van der Waals surface area contributed by atoms with Gasteiger partial charge in [-0.25, -0.2) is 0 Å². The van der Waals surface area contributed by atoms with Crippen molar-refractivity contribution in [1.82, 2.24) is 0 Å². The number of phenolic OH excluding ortho intramolecular Hbond substituents is 2. The van der Waals surface area contributed by atoms with Gasteiger partial charge in [-0.05, 0) is 36.8 Å². The molecular formula is C15H15NO3. The third-order valence-corrected chi connectivity index (χ3v) is 2.94. The molecule has 0 radical (unpaired) electrons. The van der Waals surface area contributed by atoms with Gasteiger partial charge in [-0.3, -0.25) is 4.79 Å². The van der Waals surface area contributed by atoms with E-state index in [4.69, 9.17) is 0 Å². The van der Waals surface area contributed by atoms with Gasteiger partial charge in [-0.2, -0.15) is 0 Å². The minimum absolute atomic E-state index is 0.0732. The van der Waals surface area contributed by atoms with Crippen molar-refractivity contribution in [3.63, 3.8) is 0 Å². The summed E-state index contributed by atoms with van der Waals surface area (Å²) in [6.45, 7) is 1.94. The van der Waals surface area contributed by atoms with Gasteiger partial charge in [0.1, 0.15) is 0 Å². The number of phenols is 2. The molecule has 2 aromatic rings. The van der Waals surface area contributed by atoms with E-state index in [0.717, 1.165) is 11.3 Å². The number of rotatable bonds is 2. The Labute approximate surface area is 111 Å². The minimum Gasteiger partial charge on any atom is -0.504 e. The molecule has 1 amide bonds. The number of nitrogens with zero attached hydrogens (tertiary/aromatic N) is 1. The molecule has 0 aliphatic carbocycles. The van der Waals surface area contributed by atoms with Gasteiger partial charge in [0.2, 0.25) is 0 Å². The molecule has 0 aromatic heterocycles. The summed E-state index contributed by atoms with van der Waals surface area (Å²) in [4.78, 5) is 13.7. The molecule has 2 rings (SSSR count). The summed E-state index contributed by atoms with van der Waals surface area (Å²) in [5, 5.41) is 19.1. The van der Waals surface area contributed by atoms with Crippen molar-refractivity contribution in [2.24, 2.45) is 0 Å². The monoisotopic (exact) mass is 257 g/mol. The van der Waals surface area contributed by atoms with E-state index in [-0.39, 0.29) is 17.2 Å². The van der Waals surface area contributed by atoms with Crippen molar-refractivity contribution in [1.29, 1.82) is 0 Å². The number of hydrogen-bond acceptors (Lipinski definition) is 3. The largest absolute Gasteiger partial charge is 0.504 e. The van der Waals surface area contributed by atoms with Gasteiger partial charge in [0.25, 0.3) is 5.91 Å². The van der Waals surface area contributed by atoms with Gasteiger partial charge in [0.05, 0.1) is 5.56 Å². The standard InChI is InChI=1S/C15H15NO3/c1-10-5-3-6-11(9-10)16(2)15(19)12-7-4-8-13(17)14(12)18/h3-9,17-18H,1-2H3. The first-order chi connectivity index (χ1) is 9.00. The van der Waals surface area contributed by atoms with Gasteiger partial charge in [0, 0.05) is 12.7 Å². The van der Waals surface area contributed by atoms with Crippen LogP contribution in [0.25, 0.3) is 0 Å². The molecule has 0 aliphatic heterocycles. The molecule has 0 bridgehead atoms. The van der Waals surface area contributed by atoms with E-state index in [2.05, 4.69) is 0 Å². The van der Waals surface area contributed by atoms with E-state index in [9.17, 15) is 15.0 Å². The highest BCUT2D eigenvalue weighted by atomic mass is 16.3. The number of aryl methyl sites for hydroxylation is 1. The van der Waals surface area contributed by atoms with Crippen molar-refractivity contribution >= 4 is 11.6 Å². The maximum atomic E-state index is 12.3. The predicted octanol–water partition coefficient (Wildman–Crippen LogP) is 2.68. The van der Waals surface area contributed by atoms with Crippen LogP contribution < -0.4 is 4.90 Å². The third kappa shape index (κ3) is 2.52. The van der Waals surface area contributed by atoms with Crippen LogP contribution in [0.5, 0.6) is 11.5 Å². The second-order valence-corrected chi connectivity index (χ2v) is 4.38. The average molecular weight is 257 g/mol. The molecule has 0 saturated heterocycles. The minimum atomic E-state index is -0.396. The summed E-state index contributed by atoms with van der Waals surface area (Å²) in [5.74, 6) is -1.07. The zero-order valence-electron chi connectivity index (χ0n) is 10.8. The van der Waals surface area contributed by atoms with Crippen LogP contribution in [-0.2, 0) is 0 Å². The SMILES string of the molecule is Cc1cccc(N(C)C(=O)c2cccc(O)c2O)c1. The molecule has 0 fully saturated rings. The predicted molar refractivity (Wildman–Crippen MR) is 73.7 cm³/mol. The first kappa shape index (κ1) is 13.0. The van der Waals surface area contributed by atoms with Gasteiger partial charge >= 0.3 is 0 Å². The Morgan fingerprint density at radius 1 is 1.11 bits per heavy atom. The van der Waals surface area contributed by atoms with E-state index in [1.54, 1.807) is 7.05 Å². The Balaban J connectivity index is 2.36. The van der Waals surface area contributed by atoms with Gasteiger partial charge in [-0.15, -0.1) is 0 Å². The maximum Gasteiger partial charge on any atom is 0.261 e. The van der Waals surface area contributed by atoms with Crippen LogP contribution in [0.4, 0.5) is 5.69 Å². The molecular weight excluding hydrogens is 242 g/mol. The average Bonchev–Trinajstić information content (AvgIpc) is 2.40. The highest BCUT2D eigenvalue weighted by molar-refractivity contribution is 6.07. The van der Waals surface area contributed by atoms with E-state index in [0.29, 0.717) is 0 Å². The second-order valence-electron chi connectivity index (χ2n) is 4.38. The van der Waals surface area contributed by atoms with Gasteiger partial charge in [0.15, 0.2) is 11.5 Å². The van der Waals surface area contributed by atoms with Gasteiger partial charge in [-0.1, -0.05) is 18.2 Å². The Hall–Kier alpha value is -2.49. The zero-order valence-corrected chi connectivity index (χ0v) is 10.8. The number of para-hydroxylation sites is 1. The summed E-state index contributed by atoms with van der Waals surface area (Å²) in [7, 11) is 1.63. The summed E-state index contributed by atoms with van der Waals surface area (Å²) >= 11 is 0. The molecule has 0 atom stereocenters. The van der Waals surface area contributed by atoms with E-state index in [1.165, 1.54) is 23.1 Å². The Morgan fingerprint density at radius 3 is 2.47 bits per heavy atom. The lowest BCUT2D eigenvalue weighted by Gasteiger charge is -2.18. The van der Waals surface area contributed by atoms with Crippen LogP contribution >= 0.6 is 0 Å². The fraction of sp³-hybridized carbons (Fsp3) is 0.133. The quantitative estimate of drug-likeness (QED) is 0.813. The van der Waals surface area contributed by atoms with Crippen LogP contribution in [0.3, 0.4) is 0 Å². The number of amides is 1. The molecule has 4 nitrogen and oxygen atoms in total. The summed E-state index contributed by atoms with van der Waals surface area (Å²) in [6.07, 6.45) is 0. The number of anilines is 1. The lowest BCUT2D eigenvalue weighted by atomic mass is 10.1. The molecule has 0 unspecified atom stereocenters. The first-order valence-electron chi connectivity index (χ1n) is 5.86. The van der Waals surface area contributed by atoms with Crippen LogP contribution in [0, 0.1) is 6.92 Å². The Bertz CT molecular complexity index is 623. The number of aromatic hydroxyl groups is 2. The number of hydrogen-bond donors (Lipinski definition) is 2. The third-order valence-electron chi connectivity index (χ3n) is 2.94. The number of carbonyl (C=O) groups is 1. The fourth-order valence-electron chi connectivity index (χ4n) is 1.84. The molecule has 2 N–H and O–H groups in total. The van der Waals surface area contributed by atoms with E-state index >= 15 is 0 Å². The first-order valence-corrected chi connectivity index (χ1v) is 5.86. The summed E-state index contributed by atoms with van der Waals surface area (Å²) in [6, 6.07) is 11.8. The van der Waals surface area contributed by atoms with Crippen LogP contribution in [0.1, 0.15) is 15.9 Å². The van der Waals surface area contributed by atoms with E-state index in [1.807, 2.05) is 31.2 Å². The molecule has 0 spiro atoms. The van der Waals surface area contributed by atoms with Crippen LogP contribution in [-0.4, -0.2) is 23.2 Å². The van der Waals surface area contributed by atoms with Crippen molar-refractivity contribution in [2.75, 3.05) is 11.9 Å². The van der Waals surface area contributed by atoms with Crippen molar-refractivity contribution in [2.45, 2.75) is 6.92 Å². The molecule has 4 heteroatoms. The molecule has 98 valence electrons. The molecule has 19 heavy (non-hydrogen) atoms. The van der Waals surface area contributed by atoms with Crippen molar-refractivity contribution in [3.8, 4) is 11.5 Å². The highest BCUT2D eigenvalue weighted by Crippen LogP contribution is 2.30. The molecule has 0 saturated carbocycles. The fourth-order valence-corrected chi connectivity index (χ4v) is 1.84. The number of carbonyl (C=O) groups excluding carboxylic acids is 1. The Morgan fingerprint density at radius 2 is 1.79 bits per heavy atom. The van der Waals surface area contributed by atoms with Crippen LogP contribution in [0.2, 0.25) is 0 Å². The smallest absolute Gasteiger partial charge is 0.261 e. The lowest BCUT2D eigenvalue weighted by Crippen LogP contribution is -2.26. The lowest BCUT2D eigenvalue weighted by molar-refractivity contribution is 0.0990. The summed E-state index contributed by atoms with van der Waals surface area (Å²) < 4.78 is 0. The molecule has 0 heterocycles. The normalized spacial score (nSPS) is 10.2. The topological polar surface area (TPSA) is 60.8 Å². The van der Waals surface area contributed by atoms with Gasteiger partial charge < -0.3 is 15.1 Å². The second kappa shape index (κ2) is 5.02. The highest BCUT2D eigenvalue weighted by Gasteiger charge is 2.18. The summed E-state index contributed by atoms with van der Waals surface area (Å²) in [5.41, 5.74) is 1.84. The Kier molecular flexibility index (Phi) is 3.42. The maximum absolute atomic E-state index is 12.3. The zero-order chi connectivity index (χ0) is 14.0. The van der Waals surface area contributed by atoms with Crippen molar-refractivity contribution < 1.29 is 15.0 Å². The molecule has 2 aromatic carbocycles. The molecule has 0 aliphatic rings.